The van der Waals surface area contributed by atoms with Crippen LogP contribution in [0.15, 0.2) is 29.1 Å². The Balaban J connectivity index is 1.92. The molecule has 2 aromatic rings. The van der Waals surface area contributed by atoms with E-state index in [0.29, 0.717) is 18.1 Å². The Morgan fingerprint density at radius 2 is 2.16 bits per heavy atom. The zero-order chi connectivity index (χ0) is 18.2. The van der Waals surface area contributed by atoms with Crippen LogP contribution in [0.5, 0.6) is 5.75 Å². The van der Waals surface area contributed by atoms with Gasteiger partial charge in [-0.3, -0.25) is 14.2 Å². The number of hydrogen-bond donors (Lipinski definition) is 3. The molecule has 0 radical (unpaired) electrons. The van der Waals surface area contributed by atoms with Crippen molar-refractivity contribution in [3.8, 4) is 5.75 Å². The molecule has 0 aliphatic carbocycles. The van der Waals surface area contributed by atoms with Crippen LogP contribution < -0.4 is 16.6 Å². The lowest BCUT2D eigenvalue weighted by atomic mass is 10.1. The van der Waals surface area contributed by atoms with Crippen LogP contribution >= 0.6 is 0 Å². The van der Waals surface area contributed by atoms with Gasteiger partial charge in [-0.25, -0.2) is 4.98 Å². The lowest BCUT2D eigenvalue weighted by Gasteiger charge is -2.32. The molecule has 0 atom stereocenters. The zero-order valence-electron chi connectivity index (χ0n) is 14.1. The zero-order valence-corrected chi connectivity index (χ0v) is 14.1. The number of aromatic hydroxyl groups is 1. The van der Waals surface area contributed by atoms with Gasteiger partial charge >= 0.3 is 0 Å². The predicted molar refractivity (Wildman–Crippen MR) is 91.2 cm³/mol. The maximum atomic E-state index is 12.4. The fourth-order valence-electron chi connectivity index (χ4n) is 2.78. The van der Waals surface area contributed by atoms with Crippen LogP contribution in [0.2, 0.25) is 0 Å². The molecule has 2 heterocycles. The van der Waals surface area contributed by atoms with Crippen LogP contribution in [0.4, 0.5) is 5.69 Å². The van der Waals surface area contributed by atoms with Crippen LogP contribution in [0, 0.1) is 0 Å². The van der Waals surface area contributed by atoms with Gasteiger partial charge in [-0.15, -0.1) is 0 Å². The SMILES string of the molecule is CC1(C)OCCn2c1nc(C(=O)NCc1ccccc1N)c(O)c2=O. The van der Waals surface area contributed by atoms with Crippen molar-refractivity contribution in [3.63, 3.8) is 0 Å². The van der Waals surface area contributed by atoms with Crippen molar-refractivity contribution in [1.29, 1.82) is 0 Å². The van der Waals surface area contributed by atoms with E-state index >= 15 is 0 Å². The second-order valence-corrected chi connectivity index (χ2v) is 6.33. The van der Waals surface area contributed by atoms with Crippen molar-refractivity contribution >= 4 is 11.6 Å². The minimum atomic E-state index is -0.829. The Kier molecular flexibility index (Phi) is 4.22. The lowest BCUT2D eigenvalue weighted by Crippen LogP contribution is -2.42. The number of benzene rings is 1. The highest BCUT2D eigenvalue weighted by Gasteiger charge is 2.34. The third-order valence-corrected chi connectivity index (χ3v) is 4.17. The van der Waals surface area contributed by atoms with Gasteiger partial charge in [0.05, 0.1) is 13.2 Å². The fourth-order valence-corrected chi connectivity index (χ4v) is 2.78. The van der Waals surface area contributed by atoms with Gasteiger partial charge in [-0.2, -0.15) is 0 Å². The van der Waals surface area contributed by atoms with Crippen LogP contribution in [-0.2, 0) is 23.4 Å². The summed E-state index contributed by atoms with van der Waals surface area (Å²) in [5.41, 5.74) is 5.32. The number of nitrogen functional groups attached to an aromatic ring is 1. The smallest absolute Gasteiger partial charge is 0.296 e. The molecular formula is C17H20N4O4. The lowest BCUT2D eigenvalue weighted by molar-refractivity contribution is -0.0566. The molecule has 0 spiro atoms. The molecular weight excluding hydrogens is 324 g/mol. The number of anilines is 1. The molecule has 1 aliphatic rings. The van der Waals surface area contributed by atoms with E-state index in [-0.39, 0.29) is 18.8 Å². The standard InChI is InChI=1S/C17H20N4O4/c1-17(2)16-20-12(13(22)15(24)21(16)7-8-25-17)14(23)19-9-10-5-3-4-6-11(10)18/h3-6,22H,7-9,18H2,1-2H3,(H,19,23). The number of carbonyl (C=O) groups excluding carboxylic acids is 1. The van der Waals surface area contributed by atoms with E-state index in [1.807, 2.05) is 0 Å². The summed E-state index contributed by atoms with van der Waals surface area (Å²) in [7, 11) is 0. The number of carbonyl (C=O) groups is 1. The molecule has 0 saturated heterocycles. The van der Waals surface area contributed by atoms with Gasteiger partial charge in [-0.05, 0) is 25.5 Å². The first-order chi connectivity index (χ1) is 11.8. The van der Waals surface area contributed by atoms with Crippen molar-refractivity contribution in [2.75, 3.05) is 12.3 Å². The van der Waals surface area contributed by atoms with E-state index in [9.17, 15) is 14.7 Å². The third-order valence-electron chi connectivity index (χ3n) is 4.17. The monoisotopic (exact) mass is 344 g/mol. The molecule has 8 nitrogen and oxygen atoms in total. The quantitative estimate of drug-likeness (QED) is 0.706. The Bertz CT molecular complexity index is 889. The molecule has 0 saturated carbocycles. The summed E-state index contributed by atoms with van der Waals surface area (Å²) in [4.78, 5) is 29.0. The number of rotatable bonds is 3. The van der Waals surface area contributed by atoms with Crippen molar-refractivity contribution in [2.45, 2.75) is 32.5 Å². The number of amides is 1. The fraction of sp³-hybridized carbons (Fsp3) is 0.353. The summed E-state index contributed by atoms with van der Waals surface area (Å²) in [5, 5.41) is 12.8. The van der Waals surface area contributed by atoms with Gasteiger partial charge in [0.15, 0.2) is 5.69 Å². The minimum Gasteiger partial charge on any atom is -0.501 e. The average molecular weight is 344 g/mol. The molecule has 132 valence electrons. The van der Waals surface area contributed by atoms with Crippen molar-refractivity contribution in [3.05, 3.63) is 51.7 Å². The highest BCUT2D eigenvalue weighted by Crippen LogP contribution is 2.27. The molecule has 1 aromatic heterocycles. The first-order valence-electron chi connectivity index (χ1n) is 7.91. The first-order valence-corrected chi connectivity index (χ1v) is 7.91. The number of hydrogen-bond acceptors (Lipinski definition) is 6. The average Bonchev–Trinajstić information content (AvgIpc) is 2.57. The summed E-state index contributed by atoms with van der Waals surface area (Å²) in [6.07, 6.45) is 0. The number of para-hydroxylation sites is 1. The number of ether oxygens (including phenoxy) is 1. The summed E-state index contributed by atoms with van der Waals surface area (Å²) in [5.74, 6) is -1.01. The molecule has 1 aliphatic heterocycles. The number of nitrogens with one attached hydrogen (secondary N) is 1. The Labute approximate surface area is 144 Å². The third kappa shape index (κ3) is 3.08. The molecule has 1 aromatic carbocycles. The summed E-state index contributed by atoms with van der Waals surface area (Å²) >= 11 is 0. The van der Waals surface area contributed by atoms with Gasteiger partial charge in [0.1, 0.15) is 11.4 Å². The second kappa shape index (κ2) is 6.21. The van der Waals surface area contributed by atoms with Gasteiger partial charge in [0.25, 0.3) is 11.5 Å². The maximum absolute atomic E-state index is 12.4. The van der Waals surface area contributed by atoms with Crippen LogP contribution in [0.1, 0.15) is 35.7 Å². The number of fused-ring (bicyclic) bond motifs is 1. The molecule has 0 fully saturated rings. The van der Waals surface area contributed by atoms with Gasteiger partial charge < -0.3 is 20.9 Å². The molecule has 25 heavy (non-hydrogen) atoms. The van der Waals surface area contributed by atoms with Crippen molar-refractivity contribution < 1.29 is 14.6 Å². The highest BCUT2D eigenvalue weighted by molar-refractivity contribution is 5.94. The molecule has 8 heteroatoms. The van der Waals surface area contributed by atoms with Crippen molar-refractivity contribution in [2.24, 2.45) is 0 Å². The van der Waals surface area contributed by atoms with Gasteiger partial charge in [0.2, 0.25) is 5.75 Å². The van der Waals surface area contributed by atoms with E-state index in [0.717, 1.165) is 5.56 Å². The normalized spacial score (nSPS) is 15.4. The second-order valence-electron chi connectivity index (χ2n) is 6.33. The Morgan fingerprint density at radius 3 is 2.88 bits per heavy atom. The molecule has 0 bridgehead atoms. The van der Waals surface area contributed by atoms with E-state index in [4.69, 9.17) is 10.5 Å². The molecule has 0 unspecified atom stereocenters. The van der Waals surface area contributed by atoms with Gasteiger partial charge in [0, 0.05) is 12.2 Å². The van der Waals surface area contributed by atoms with E-state index in [2.05, 4.69) is 10.3 Å². The highest BCUT2D eigenvalue weighted by atomic mass is 16.5. The topological polar surface area (TPSA) is 119 Å². The first kappa shape index (κ1) is 17.0. The van der Waals surface area contributed by atoms with Crippen LogP contribution in [0.3, 0.4) is 0 Å². The summed E-state index contributed by atoms with van der Waals surface area (Å²) in [6.45, 7) is 4.28. The number of nitrogens with two attached hydrogens (primary N) is 1. The molecule has 4 N–H and O–H groups in total. The predicted octanol–water partition coefficient (Wildman–Crippen LogP) is 0.726. The molecule has 3 rings (SSSR count). The van der Waals surface area contributed by atoms with Crippen molar-refractivity contribution in [1.82, 2.24) is 14.9 Å². The van der Waals surface area contributed by atoms with E-state index < -0.39 is 22.8 Å². The van der Waals surface area contributed by atoms with Crippen LogP contribution in [-0.4, -0.2) is 27.2 Å². The summed E-state index contributed by atoms with van der Waals surface area (Å²) in [6, 6.07) is 7.10. The summed E-state index contributed by atoms with van der Waals surface area (Å²) < 4.78 is 6.95. The molecule has 1 amide bonds. The van der Waals surface area contributed by atoms with E-state index in [1.54, 1.807) is 38.1 Å². The maximum Gasteiger partial charge on any atom is 0.296 e. The minimum absolute atomic E-state index is 0.158. The Morgan fingerprint density at radius 1 is 1.44 bits per heavy atom. The number of nitrogens with zero attached hydrogens (tertiary/aromatic N) is 2. The Hall–Kier alpha value is -2.87. The van der Waals surface area contributed by atoms with Gasteiger partial charge in [-0.1, -0.05) is 18.2 Å². The van der Waals surface area contributed by atoms with Crippen LogP contribution in [0.25, 0.3) is 0 Å². The number of aromatic nitrogens is 2. The van der Waals surface area contributed by atoms with E-state index in [1.165, 1.54) is 4.57 Å². The largest absolute Gasteiger partial charge is 0.501 e.